The van der Waals surface area contributed by atoms with Gasteiger partial charge in [0.15, 0.2) is 0 Å². The highest BCUT2D eigenvalue weighted by Crippen LogP contribution is 2.26. The van der Waals surface area contributed by atoms with Gasteiger partial charge in [-0.1, -0.05) is 24.3 Å². The van der Waals surface area contributed by atoms with Crippen molar-refractivity contribution in [2.45, 2.75) is 13.3 Å². The fourth-order valence-corrected chi connectivity index (χ4v) is 4.27. The molecule has 1 fully saturated rings. The standard InChI is InChI=1S/C27H26N4O3/c1-19-8-9-23(16-30-19)34-26-25(7-4-10-29-26)27(32)31-11-12-33-18-20(17-31)13-22-15-28-14-21-5-2-3-6-24(21)22/h2-10,14-16,20H,11-13,17-18H2,1H3/t20-/m1/s1. The van der Waals surface area contributed by atoms with Crippen LogP contribution in [0.2, 0.25) is 0 Å². The minimum atomic E-state index is -0.116. The number of aromatic nitrogens is 3. The predicted octanol–water partition coefficient (Wildman–Crippen LogP) is 4.46. The lowest BCUT2D eigenvalue weighted by Crippen LogP contribution is -2.36. The Morgan fingerprint density at radius 2 is 2.00 bits per heavy atom. The summed E-state index contributed by atoms with van der Waals surface area (Å²) < 4.78 is 11.8. The van der Waals surface area contributed by atoms with Gasteiger partial charge in [-0.15, -0.1) is 0 Å². The summed E-state index contributed by atoms with van der Waals surface area (Å²) in [6.45, 7) is 4.10. The number of amides is 1. The van der Waals surface area contributed by atoms with E-state index >= 15 is 0 Å². The molecule has 7 nitrogen and oxygen atoms in total. The number of ether oxygens (including phenoxy) is 2. The molecule has 5 rings (SSSR count). The monoisotopic (exact) mass is 454 g/mol. The van der Waals surface area contributed by atoms with E-state index in [4.69, 9.17) is 9.47 Å². The van der Waals surface area contributed by atoms with E-state index in [9.17, 15) is 4.79 Å². The minimum absolute atomic E-state index is 0.116. The van der Waals surface area contributed by atoms with Crippen molar-refractivity contribution in [1.82, 2.24) is 19.9 Å². The predicted molar refractivity (Wildman–Crippen MR) is 129 cm³/mol. The summed E-state index contributed by atoms with van der Waals surface area (Å²) >= 11 is 0. The highest BCUT2D eigenvalue weighted by Gasteiger charge is 2.26. The second-order valence-corrected chi connectivity index (χ2v) is 8.51. The molecule has 1 aromatic carbocycles. The molecule has 1 atom stereocenters. The number of aryl methyl sites for hydroxylation is 1. The van der Waals surface area contributed by atoms with Gasteiger partial charge in [0.25, 0.3) is 5.91 Å². The van der Waals surface area contributed by atoms with Crippen LogP contribution < -0.4 is 4.74 Å². The molecular formula is C27H26N4O3. The first-order chi connectivity index (χ1) is 16.7. The maximum Gasteiger partial charge on any atom is 0.259 e. The smallest absolute Gasteiger partial charge is 0.259 e. The van der Waals surface area contributed by atoms with Gasteiger partial charge in [-0.3, -0.25) is 14.8 Å². The Kier molecular flexibility index (Phi) is 6.44. The van der Waals surface area contributed by atoms with Crippen molar-refractivity contribution in [3.63, 3.8) is 0 Å². The summed E-state index contributed by atoms with van der Waals surface area (Å²) in [6, 6.07) is 15.4. The van der Waals surface area contributed by atoms with E-state index in [2.05, 4.69) is 27.1 Å². The van der Waals surface area contributed by atoms with E-state index in [1.807, 2.05) is 48.5 Å². The van der Waals surface area contributed by atoms with Crippen LogP contribution >= 0.6 is 0 Å². The van der Waals surface area contributed by atoms with Crippen molar-refractivity contribution < 1.29 is 14.3 Å². The number of hydrogen-bond acceptors (Lipinski definition) is 6. The lowest BCUT2D eigenvalue weighted by Gasteiger charge is -2.24. The molecule has 0 saturated carbocycles. The van der Waals surface area contributed by atoms with Crippen LogP contribution in [0.3, 0.4) is 0 Å². The van der Waals surface area contributed by atoms with E-state index in [0.29, 0.717) is 37.6 Å². The molecule has 0 radical (unpaired) electrons. The topological polar surface area (TPSA) is 77.4 Å². The van der Waals surface area contributed by atoms with Crippen molar-refractivity contribution >= 4 is 16.7 Å². The van der Waals surface area contributed by atoms with Crippen molar-refractivity contribution in [3.8, 4) is 11.6 Å². The van der Waals surface area contributed by atoms with Gasteiger partial charge in [-0.2, -0.15) is 0 Å². The quantitative estimate of drug-likeness (QED) is 0.443. The van der Waals surface area contributed by atoms with E-state index in [1.165, 1.54) is 10.9 Å². The largest absolute Gasteiger partial charge is 0.437 e. The first-order valence-electron chi connectivity index (χ1n) is 11.4. The first kappa shape index (κ1) is 22.0. The lowest BCUT2D eigenvalue weighted by molar-refractivity contribution is 0.0734. The SMILES string of the molecule is Cc1ccc(Oc2ncccc2C(=O)N2CCOC[C@H](Cc3cncc4ccccc34)C2)cn1. The van der Waals surface area contributed by atoms with Crippen molar-refractivity contribution in [3.05, 3.63) is 90.1 Å². The molecule has 34 heavy (non-hydrogen) atoms. The zero-order valence-electron chi connectivity index (χ0n) is 19.1. The van der Waals surface area contributed by atoms with E-state index in [-0.39, 0.29) is 17.7 Å². The molecule has 3 aromatic heterocycles. The summed E-state index contributed by atoms with van der Waals surface area (Å²) in [4.78, 5) is 28.4. The van der Waals surface area contributed by atoms with E-state index in [1.54, 1.807) is 24.5 Å². The molecule has 1 aliphatic rings. The second-order valence-electron chi connectivity index (χ2n) is 8.51. The third-order valence-electron chi connectivity index (χ3n) is 5.98. The van der Waals surface area contributed by atoms with E-state index in [0.717, 1.165) is 17.5 Å². The highest BCUT2D eigenvalue weighted by molar-refractivity contribution is 5.96. The number of nitrogens with zero attached hydrogens (tertiary/aromatic N) is 4. The van der Waals surface area contributed by atoms with Crippen molar-refractivity contribution in [2.75, 3.05) is 26.3 Å². The van der Waals surface area contributed by atoms with Crippen LogP contribution in [0.5, 0.6) is 11.6 Å². The number of hydrogen-bond donors (Lipinski definition) is 0. The Balaban J connectivity index is 1.35. The molecule has 0 unspecified atom stereocenters. The van der Waals surface area contributed by atoms with Crippen LogP contribution in [0.1, 0.15) is 21.6 Å². The molecule has 0 spiro atoms. The number of fused-ring (bicyclic) bond motifs is 1. The molecule has 4 heterocycles. The van der Waals surface area contributed by atoms with Gasteiger partial charge in [0, 0.05) is 48.7 Å². The molecule has 1 saturated heterocycles. The van der Waals surface area contributed by atoms with Crippen LogP contribution in [-0.4, -0.2) is 52.1 Å². The average molecular weight is 455 g/mol. The van der Waals surface area contributed by atoms with Crippen LogP contribution in [-0.2, 0) is 11.2 Å². The van der Waals surface area contributed by atoms with Gasteiger partial charge in [-0.25, -0.2) is 4.98 Å². The molecule has 1 aliphatic heterocycles. The number of benzene rings is 1. The van der Waals surface area contributed by atoms with Crippen LogP contribution in [0.15, 0.2) is 73.3 Å². The van der Waals surface area contributed by atoms with E-state index < -0.39 is 0 Å². The Bertz CT molecular complexity index is 1290. The van der Waals surface area contributed by atoms with Gasteiger partial charge >= 0.3 is 0 Å². The summed E-state index contributed by atoms with van der Waals surface area (Å²) in [5.41, 5.74) is 2.48. The molecular weight excluding hydrogens is 428 g/mol. The van der Waals surface area contributed by atoms with Crippen LogP contribution in [0.4, 0.5) is 0 Å². The lowest BCUT2D eigenvalue weighted by atomic mass is 9.96. The Morgan fingerprint density at radius 1 is 1.09 bits per heavy atom. The summed E-state index contributed by atoms with van der Waals surface area (Å²) in [5, 5.41) is 2.31. The van der Waals surface area contributed by atoms with Gasteiger partial charge in [0.1, 0.15) is 11.3 Å². The fourth-order valence-electron chi connectivity index (χ4n) is 4.27. The summed E-state index contributed by atoms with van der Waals surface area (Å²) in [7, 11) is 0. The Hall–Kier alpha value is -3.84. The third kappa shape index (κ3) is 4.89. The normalized spacial score (nSPS) is 16.3. The number of carbonyl (C=O) groups is 1. The zero-order valence-corrected chi connectivity index (χ0v) is 19.1. The van der Waals surface area contributed by atoms with Gasteiger partial charge in [-0.05, 0) is 48.6 Å². The Labute approximate surface area is 198 Å². The number of rotatable bonds is 5. The fraction of sp³-hybridized carbons (Fsp3) is 0.259. The summed E-state index contributed by atoms with van der Waals surface area (Å²) in [6.07, 6.45) is 7.83. The van der Waals surface area contributed by atoms with Gasteiger partial charge in [0.2, 0.25) is 5.88 Å². The molecule has 0 bridgehead atoms. The maximum absolute atomic E-state index is 13.6. The second kappa shape index (κ2) is 9.97. The molecule has 4 aromatic rings. The third-order valence-corrected chi connectivity index (χ3v) is 5.98. The van der Waals surface area contributed by atoms with Crippen LogP contribution in [0, 0.1) is 12.8 Å². The van der Waals surface area contributed by atoms with Crippen molar-refractivity contribution in [2.24, 2.45) is 5.92 Å². The molecule has 1 amide bonds. The number of carbonyl (C=O) groups excluding carboxylic acids is 1. The Morgan fingerprint density at radius 3 is 2.88 bits per heavy atom. The highest BCUT2D eigenvalue weighted by atomic mass is 16.5. The molecule has 0 N–H and O–H groups in total. The maximum atomic E-state index is 13.6. The summed E-state index contributed by atoms with van der Waals surface area (Å²) in [5.74, 6) is 0.855. The average Bonchev–Trinajstić information content (AvgIpc) is 3.11. The minimum Gasteiger partial charge on any atom is -0.437 e. The van der Waals surface area contributed by atoms with Gasteiger partial charge < -0.3 is 14.4 Å². The molecule has 0 aliphatic carbocycles. The molecule has 172 valence electrons. The molecule has 7 heteroatoms. The van der Waals surface area contributed by atoms with Gasteiger partial charge in [0.05, 0.1) is 19.4 Å². The van der Waals surface area contributed by atoms with Crippen molar-refractivity contribution in [1.29, 1.82) is 0 Å². The zero-order chi connectivity index (χ0) is 23.3. The number of pyridine rings is 3. The first-order valence-corrected chi connectivity index (χ1v) is 11.4. The van der Waals surface area contributed by atoms with Crippen LogP contribution in [0.25, 0.3) is 10.8 Å².